The maximum atomic E-state index is 5.90. The van der Waals surface area contributed by atoms with Crippen LogP contribution in [0, 0.1) is 12.3 Å². The molecule has 0 bridgehead atoms. The molecule has 0 fully saturated rings. The zero-order valence-electron chi connectivity index (χ0n) is 18.4. The van der Waals surface area contributed by atoms with Gasteiger partial charge in [-0.05, 0) is 36.6 Å². The summed E-state index contributed by atoms with van der Waals surface area (Å²) in [5.41, 5.74) is 2.22. The number of hydrogen-bond donors (Lipinski definition) is 2. The van der Waals surface area contributed by atoms with Crippen molar-refractivity contribution < 1.29 is 14.2 Å². The smallest absolute Gasteiger partial charge is 0.191 e. The first-order valence-electron chi connectivity index (χ1n) is 10.0. The van der Waals surface area contributed by atoms with Gasteiger partial charge in [-0.25, -0.2) is 0 Å². The molecule has 2 rings (SSSR count). The van der Waals surface area contributed by atoms with Gasteiger partial charge in [0.15, 0.2) is 17.5 Å². The van der Waals surface area contributed by atoms with Gasteiger partial charge in [-0.15, -0.1) is 30.4 Å². The second kappa shape index (κ2) is 15.4. The van der Waals surface area contributed by atoms with Gasteiger partial charge in [0.2, 0.25) is 0 Å². The lowest BCUT2D eigenvalue weighted by Crippen LogP contribution is -2.37. The minimum Gasteiger partial charge on any atom is -0.493 e. The number of hydrogen-bond acceptors (Lipinski definition) is 4. The van der Waals surface area contributed by atoms with Crippen molar-refractivity contribution in [3.05, 3.63) is 59.7 Å². The number of guanidine groups is 1. The lowest BCUT2D eigenvalue weighted by atomic mass is 10.1. The van der Waals surface area contributed by atoms with Gasteiger partial charge >= 0.3 is 0 Å². The number of rotatable bonds is 11. The fraction of sp³-hybridized carbons (Fsp3) is 0.375. The Morgan fingerprint density at radius 1 is 1.13 bits per heavy atom. The predicted octanol–water partition coefficient (Wildman–Crippen LogP) is 4.16. The molecular formula is C24H32IN3O3. The van der Waals surface area contributed by atoms with E-state index in [1.165, 1.54) is 5.56 Å². The van der Waals surface area contributed by atoms with Gasteiger partial charge in [0.25, 0.3) is 0 Å². The van der Waals surface area contributed by atoms with Crippen LogP contribution in [0.15, 0.2) is 53.5 Å². The van der Waals surface area contributed by atoms with Crippen LogP contribution in [0.3, 0.4) is 0 Å². The van der Waals surface area contributed by atoms with Crippen molar-refractivity contribution in [3.8, 4) is 23.8 Å². The first-order valence-corrected chi connectivity index (χ1v) is 10.0. The average Bonchev–Trinajstić information content (AvgIpc) is 2.79. The largest absolute Gasteiger partial charge is 0.493 e. The van der Waals surface area contributed by atoms with E-state index in [-0.39, 0.29) is 36.7 Å². The van der Waals surface area contributed by atoms with Crippen LogP contribution in [0.1, 0.15) is 30.6 Å². The number of nitrogens with zero attached hydrogens (tertiary/aromatic N) is 1. The number of nitrogens with one attached hydrogen (secondary N) is 2. The molecule has 0 spiro atoms. The third kappa shape index (κ3) is 9.49. The van der Waals surface area contributed by atoms with Crippen LogP contribution in [0.5, 0.6) is 11.5 Å². The molecule has 0 heterocycles. The molecule has 0 aliphatic rings. The topological polar surface area (TPSA) is 64.1 Å². The SMILES string of the molecule is C#CCOc1cc(CNC(=NC)NCCCOC(C)c2ccccc2)ccc1OC.I. The quantitative estimate of drug-likeness (QED) is 0.148. The van der Waals surface area contributed by atoms with E-state index in [0.717, 1.165) is 24.5 Å². The molecule has 1 atom stereocenters. The Kier molecular flexibility index (Phi) is 13.2. The van der Waals surface area contributed by atoms with E-state index in [1.807, 2.05) is 36.4 Å². The Bertz CT molecular complexity index is 838. The highest BCUT2D eigenvalue weighted by Crippen LogP contribution is 2.27. The Labute approximate surface area is 202 Å². The number of aliphatic imine (C=N–C) groups is 1. The molecule has 1 unspecified atom stereocenters. The lowest BCUT2D eigenvalue weighted by Gasteiger charge is -2.15. The van der Waals surface area contributed by atoms with Crippen molar-refractivity contribution in [3.63, 3.8) is 0 Å². The maximum Gasteiger partial charge on any atom is 0.191 e. The molecule has 0 saturated carbocycles. The van der Waals surface area contributed by atoms with E-state index in [1.54, 1.807) is 14.2 Å². The highest BCUT2D eigenvalue weighted by atomic mass is 127. The molecule has 0 saturated heterocycles. The zero-order valence-corrected chi connectivity index (χ0v) is 20.7. The van der Waals surface area contributed by atoms with Gasteiger partial charge in [-0.3, -0.25) is 4.99 Å². The summed E-state index contributed by atoms with van der Waals surface area (Å²) < 4.78 is 16.7. The van der Waals surface area contributed by atoms with E-state index < -0.39 is 0 Å². The molecule has 0 aliphatic heterocycles. The van der Waals surface area contributed by atoms with Gasteiger partial charge in [0.1, 0.15) is 6.61 Å². The van der Waals surface area contributed by atoms with Crippen molar-refractivity contribution in [2.75, 3.05) is 33.9 Å². The number of methoxy groups -OCH3 is 1. The van der Waals surface area contributed by atoms with E-state index in [4.69, 9.17) is 20.6 Å². The Hall–Kier alpha value is -2.44. The summed E-state index contributed by atoms with van der Waals surface area (Å²) in [5, 5.41) is 6.59. The standard InChI is InChI=1S/C24H31N3O3.HI/c1-5-15-30-23-17-20(12-13-22(23)28-4)18-27-24(25-3)26-14-9-16-29-19(2)21-10-7-6-8-11-21;/h1,6-8,10-13,17,19H,9,14-16,18H2,2-4H3,(H2,25,26,27);1H. The Balaban J connectivity index is 0.00000480. The van der Waals surface area contributed by atoms with Gasteiger partial charge in [-0.1, -0.05) is 42.3 Å². The van der Waals surface area contributed by atoms with Crippen molar-refractivity contribution in [2.45, 2.75) is 26.0 Å². The minimum atomic E-state index is 0. The first kappa shape index (κ1) is 26.6. The zero-order chi connectivity index (χ0) is 21.6. The first-order chi connectivity index (χ1) is 14.7. The molecular weight excluding hydrogens is 505 g/mol. The van der Waals surface area contributed by atoms with Crippen LogP contribution in [-0.4, -0.2) is 39.9 Å². The van der Waals surface area contributed by atoms with Crippen molar-refractivity contribution in [2.24, 2.45) is 4.99 Å². The summed E-state index contributed by atoms with van der Waals surface area (Å²) in [4.78, 5) is 4.26. The molecule has 0 aliphatic carbocycles. The van der Waals surface area contributed by atoms with Gasteiger partial charge in [0, 0.05) is 26.7 Å². The van der Waals surface area contributed by atoms with E-state index in [2.05, 4.69) is 40.6 Å². The van der Waals surface area contributed by atoms with Crippen LogP contribution < -0.4 is 20.1 Å². The van der Waals surface area contributed by atoms with Crippen LogP contribution >= 0.6 is 24.0 Å². The molecule has 31 heavy (non-hydrogen) atoms. The molecule has 168 valence electrons. The van der Waals surface area contributed by atoms with E-state index in [0.29, 0.717) is 24.7 Å². The fourth-order valence-electron chi connectivity index (χ4n) is 2.83. The summed E-state index contributed by atoms with van der Waals surface area (Å²) in [6, 6.07) is 16.0. The summed E-state index contributed by atoms with van der Waals surface area (Å²) >= 11 is 0. The second-order valence-corrected chi connectivity index (χ2v) is 6.61. The van der Waals surface area contributed by atoms with Crippen molar-refractivity contribution in [1.82, 2.24) is 10.6 Å². The molecule has 2 aromatic carbocycles. The molecule has 0 amide bonds. The second-order valence-electron chi connectivity index (χ2n) is 6.61. The van der Waals surface area contributed by atoms with Crippen LogP contribution in [0.4, 0.5) is 0 Å². The maximum absolute atomic E-state index is 5.90. The van der Waals surface area contributed by atoms with Crippen molar-refractivity contribution >= 4 is 29.9 Å². The van der Waals surface area contributed by atoms with E-state index >= 15 is 0 Å². The van der Waals surface area contributed by atoms with Crippen molar-refractivity contribution in [1.29, 1.82) is 0 Å². The third-order valence-corrected chi connectivity index (χ3v) is 4.47. The van der Waals surface area contributed by atoms with Gasteiger partial charge < -0.3 is 24.8 Å². The number of terminal acetylenes is 1. The fourth-order valence-corrected chi connectivity index (χ4v) is 2.83. The normalized spacial score (nSPS) is 11.6. The van der Waals surface area contributed by atoms with Crippen LogP contribution in [0.25, 0.3) is 0 Å². The number of halogens is 1. The third-order valence-electron chi connectivity index (χ3n) is 4.47. The van der Waals surface area contributed by atoms with Crippen LogP contribution in [0.2, 0.25) is 0 Å². The predicted molar refractivity (Wildman–Crippen MR) is 136 cm³/mol. The highest BCUT2D eigenvalue weighted by Gasteiger charge is 2.07. The highest BCUT2D eigenvalue weighted by molar-refractivity contribution is 14.0. The average molecular weight is 537 g/mol. The molecule has 2 aromatic rings. The molecule has 7 heteroatoms. The Morgan fingerprint density at radius 3 is 2.58 bits per heavy atom. The molecule has 6 nitrogen and oxygen atoms in total. The van der Waals surface area contributed by atoms with Crippen LogP contribution in [-0.2, 0) is 11.3 Å². The number of benzene rings is 2. The Morgan fingerprint density at radius 2 is 1.90 bits per heavy atom. The monoisotopic (exact) mass is 537 g/mol. The van der Waals surface area contributed by atoms with Gasteiger partial charge in [0.05, 0.1) is 13.2 Å². The molecule has 2 N–H and O–H groups in total. The summed E-state index contributed by atoms with van der Waals surface area (Å²) in [6.07, 6.45) is 6.24. The summed E-state index contributed by atoms with van der Waals surface area (Å²) in [6.45, 7) is 4.30. The van der Waals surface area contributed by atoms with E-state index in [9.17, 15) is 0 Å². The number of ether oxygens (including phenoxy) is 3. The molecule has 0 radical (unpaired) electrons. The lowest BCUT2D eigenvalue weighted by molar-refractivity contribution is 0.0646. The minimum absolute atomic E-state index is 0. The van der Waals surface area contributed by atoms with Gasteiger partial charge in [-0.2, -0.15) is 0 Å². The summed E-state index contributed by atoms with van der Waals surface area (Å²) in [5.74, 6) is 4.47. The molecule has 0 aromatic heterocycles. The summed E-state index contributed by atoms with van der Waals surface area (Å²) in [7, 11) is 3.35.